The van der Waals surface area contributed by atoms with Crippen molar-refractivity contribution in [1.82, 2.24) is 10.6 Å². The summed E-state index contributed by atoms with van der Waals surface area (Å²) in [4.78, 5) is 15.7. The van der Waals surface area contributed by atoms with E-state index in [-0.39, 0.29) is 0 Å². The fraction of sp³-hybridized carbons (Fsp3) is 1.00. The molecule has 0 spiro atoms. The van der Waals surface area contributed by atoms with Crippen LogP contribution in [0.5, 0.6) is 0 Å². The summed E-state index contributed by atoms with van der Waals surface area (Å²) >= 11 is 0. The van der Waals surface area contributed by atoms with Gasteiger partial charge < -0.3 is 20.4 Å². The molecule has 11 heteroatoms. The summed E-state index contributed by atoms with van der Waals surface area (Å²) in [7, 11) is -5.12. The molecular weight excluding hydrogens is 331 g/mol. The van der Waals surface area contributed by atoms with Crippen molar-refractivity contribution < 1.29 is 36.4 Å². The maximum absolute atomic E-state index is 11.9. The van der Waals surface area contributed by atoms with Crippen LogP contribution in [0, 0.1) is 0 Å². The Kier molecular flexibility index (Phi) is 18.9. The van der Waals surface area contributed by atoms with Crippen LogP contribution in [0.1, 0.15) is 27.7 Å². The molecule has 0 rings (SSSR count). The Bertz CT molecular complexity index is 271. The Morgan fingerprint density at radius 2 is 1.32 bits per heavy atom. The van der Waals surface area contributed by atoms with Gasteiger partial charge in [-0.1, -0.05) is 27.7 Å². The first-order valence-corrected chi connectivity index (χ1v) is 8.28. The van der Waals surface area contributed by atoms with E-state index < -0.39 is 26.8 Å². The zero-order chi connectivity index (χ0) is 18.2. The van der Waals surface area contributed by atoms with Crippen LogP contribution in [-0.2, 0) is 9.09 Å². The van der Waals surface area contributed by atoms with Gasteiger partial charge in [0.15, 0.2) is 0 Å². The molecule has 0 aliphatic rings. The Morgan fingerprint density at radius 1 is 1.00 bits per heavy atom. The highest BCUT2D eigenvalue weighted by Crippen LogP contribution is 2.38. The molecule has 138 valence electrons. The molecule has 0 saturated heterocycles. The highest BCUT2D eigenvalue weighted by atomic mass is 31.2. The molecule has 4 N–H and O–H groups in total. The van der Waals surface area contributed by atoms with Gasteiger partial charge in [0, 0.05) is 0 Å². The molecule has 0 fully saturated rings. The number of phosphoric acid groups is 1. The van der Waals surface area contributed by atoms with E-state index in [4.69, 9.17) is 9.79 Å². The Hall–Kier alpha value is -0.250. The van der Waals surface area contributed by atoms with Gasteiger partial charge in [0.05, 0.1) is 0 Å². The summed E-state index contributed by atoms with van der Waals surface area (Å²) in [6.45, 7) is 10.8. The van der Waals surface area contributed by atoms with Crippen molar-refractivity contribution in [3.8, 4) is 0 Å². The molecule has 0 radical (unpaired) electrons. The minimum Gasteiger partial charge on any atom is -0.317 e. The van der Waals surface area contributed by atoms with Gasteiger partial charge in [-0.05, 0) is 26.2 Å². The van der Waals surface area contributed by atoms with Crippen molar-refractivity contribution in [2.24, 2.45) is 0 Å². The monoisotopic (exact) mass is 358 g/mol. The van der Waals surface area contributed by atoms with Crippen LogP contribution in [0.3, 0.4) is 0 Å². The van der Waals surface area contributed by atoms with Gasteiger partial charge in [0.1, 0.15) is 6.61 Å². The van der Waals surface area contributed by atoms with Crippen molar-refractivity contribution in [2.45, 2.75) is 40.0 Å². The minimum absolute atomic E-state index is 1.09. The zero-order valence-corrected chi connectivity index (χ0v) is 14.2. The van der Waals surface area contributed by atoms with Crippen LogP contribution in [0.4, 0.5) is 17.6 Å². The lowest BCUT2D eigenvalue weighted by atomic mass is 10.4. The van der Waals surface area contributed by atoms with Gasteiger partial charge >= 0.3 is 20.2 Å². The Labute approximate surface area is 128 Å². The van der Waals surface area contributed by atoms with E-state index in [2.05, 4.69) is 42.9 Å². The quantitative estimate of drug-likeness (QED) is 0.393. The van der Waals surface area contributed by atoms with E-state index in [0.717, 1.165) is 26.2 Å². The molecule has 0 bridgehead atoms. The van der Waals surface area contributed by atoms with E-state index in [9.17, 15) is 22.1 Å². The number of hydrogen-bond donors (Lipinski definition) is 4. The van der Waals surface area contributed by atoms with Crippen molar-refractivity contribution in [1.29, 1.82) is 0 Å². The Balaban J connectivity index is -0.000000298. The third-order valence-corrected chi connectivity index (χ3v) is 2.21. The second-order valence-corrected chi connectivity index (χ2v) is 4.98. The predicted octanol–water partition coefficient (Wildman–Crippen LogP) is 2.23. The predicted molar refractivity (Wildman–Crippen MR) is 77.4 cm³/mol. The highest BCUT2D eigenvalue weighted by Gasteiger charge is 2.42. The highest BCUT2D eigenvalue weighted by molar-refractivity contribution is 7.46. The average Bonchev–Trinajstić information content (AvgIpc) is 2.39. The zero-order valence-electron chi connectivity index (χ0n) is 13.3. The first-order valence-electron chi connectivity index (χ1n) is 6.75. The van der Waals surface area contributed by atoms with Gasteiger partial charge in [-0.3, -0.25) is 4.52 Å². The van der Waals surface area contributed by atoms with Crippen LogP contribution in [0.25, 0.3) is 0 Å². The molecule has 0 atom stereocenters. The minimum atomic E-state index is -5.12. The fourth-order valence-corrected chi connectivity index (χ4v) is 1.07. The number of alkyl halides is 4. The molecule has 0 aromatic carbocycles. The Morgan fingerprint density at radius 3 is 1.45 bits per heavy atom. The molecule has 0 aliphatic heterocycles. The summed E-state index contributed by atoms with van der Waals surface area (Å²) in [5.41, 5.74) is 0. The van der Waals surface area contributed by atoms with Crippen LogP contribution in [0.15, 0.2) is 0 Å². The topological polar surface area (TPSA) is 90.8 Å². The summed E-state index contributed by atoms with van der Waals surface area (Å²) in [6, 6.07) is 0. The largest absolute Gasteiger partial charge is 0.469 e. The molecule has 0 aromatic rings. The van der Waals surface area contributed by atoms with Gasteiger partial charge in [0.2, 0.25) is 0 Å². The summed E-state index contributed by atoms with van der Waals surface area (Å²) in [6.07, 6.45) is -4.01. The van der Waals surface area contributed by atoms with E-state index in [0.29, 0.717) is 0 Å². The summed E-state index contributed by atoms with van der Waals surface area (Å²) in [5.74, 6) is -4.54. The second kappa shape index (κ2) is 15.6. The van der Waals surface area contributed by atoms with Gasteiger partial charge in [0.25, 0.3) is 0 Å². The molecule has 0 unspecified atom stereocenters. The van der Waals surface area contributed by atoms with Gasteiger partial charge in [-0.15, -0.1) is 0 Å². The van der Waals surface area contributed by atoms with E-state index >= 15 is 0 Å². The molecule has 0 amide bonds. The maximum Gasteiger partial charge on any atom is 0.469 e. The molecule has 0 saturated carbocycles. The maximum atomic E-state index is 11.9. The lowest BCUT2D eigenvalue weighted by molar-refractivity contribution is -0.151. The normalized spacial score (nSPS) is 11.4. The molecule has 6 nitrogen and oxygen atoms in total. The number of nitrogens with one attached hydrogen (secondary N) is 2. The smallest absolute Gasteiger partial charge is 0.317 e. The second-order valence-electron chi connectivity index (χ2n) is 3.74. The van der Waals surface area contributed by atoms with Crippen LogP contribution >= 0.6 is 7.82 Å². The number of rotatable bonds is 8. The number of hydrogen-bond acceptors (Lipinski definition) is 4. The lowest BCUT2D eigenvalue weighted by Crippen LogP contribution is -2.31. The SMILES string of the molecule is CCNCC.CCNCC.O=P(O)(O)OCC(F)(F)C(F)F. The average molecular weight is 358 g/mol. The first kappa shape index (κ1) is 26.6. The fourth-order valence-electron chi connectivity index (χ4n) is 0.733. The standard InChI is InChI=1S/2C4H11N.C3H5F4O4P/c2*1-3-5-4-2;4-2(5)3(6,7)1-11-12(8,9)10/h2*5H,3-4H2,1-2H3;2H,1H2,(H2,8,9,10). The summed E-state index contributed by atoms with van der Waals surface area (Å²) in [5, 5.41) is 6.22. The van der Waals surface area contributed by atoms with E-state index in [1.165, 1.54) is 0 Å². The number of phosphoric ester groups is 1. The van der Waals surface area contributed by atoms with Crippen LogP contribution < -0.4 is 10.6 Å². The third kappa shape index (κ3) is 24.7. The number of halogens is 4. The van der Waals surface area contributed by atoms with Gasteiger partial charge in [-0.2, -0.15) is 8.78 Å². The molecule has 22 heavy (non-hydrogen) atoms. The van der Waals surface area contributed by atoms with Crippen molar-refractivity contribution in [3.63, 3.8) is 0 Å². The molecule has 0 heterocycles. The van der Waals surface area contributed by atoms with Crippen molar-refractivity contribution in [2.75, 3.05) is 32.8 Å². The molecular formula is C11H27F4N2O4P. The molecule has 0 aliphatic carbocycles. The first-order chi connectivity index (χ1) is 9.98. The van der Waals surface area contributed by atoms with Crippen LogP contribution in [0.2, 0.25) is 0 Å². The molecule has 0 aromatic heterocycles. The van der Waals surface area contributed by atoms with Crippen LogP contribution in [-0.4, -0.2) is 54.9 Å². The third-order valence-electron chi connectivity index (χ3n) is 1.74. The van der Waals surface area contributed by atoms with E-state index in [1.807, 2.05) is 0 Å². The summed E-state index contributed by atoms with van der Waals surface area (Å²) < 4.78 is 59.3. The van der Waals surface area contributed by atoms with Gasteiger partial charge in [-0.25, -0.2) is 13.3 Å². The van der Waals surface area contributed by atoms with E-state index in [1.54, 1.807) is 0 Å². The van der Waals surface area contributed by atoms with Crippen molar-refractivity contribution >= 4 is 7.82 Å². The van der Waals surface area contributed by atoms with Crippen molar-refractivity contribution in [3.05, 3.63) is 0 Å². The lowest BCUT2D eigenvalue weighted by Gasteiger charge is -2.14.